The quantitative estimate of drug-likeness (QED) is 0.305. The molecule has 0 spiro atoms. The lowest BCUT2D eigenvalue weighted by Crippen LogP contribution is -2.33. The number of benzene rings is 2. The van der Waals surface area contributed by atoms with Crippen molar-refractivity contribution in [1.29, 1.82) is 5.26 Å². The Labute approximate surface area is 227 Å². The Morgan fingerprint density at radius 2 is 1.90 bits per heavy atom. The first-order valence-corrected chi connectivity index (χ1v) is 13.7. The van der Waals surface area contributed by atoms with E-state index < -0.39 is 5.82 Å². The highest BCUT2D eigenvalue weighted by molar-refractivity contribution is 5.75. The highest BCUT2D eigenvalue weighted by Crippen LogP contribution is 2.30. The third-order valence-corrected chi connectivity index (χ3v) is 7.87. The van der Waals surface area contributed by atoms with Gasteiger partial charge < -0.3 is 14.0 Å². The number of pyridine rings is 1. The zero-order valence-corrected chi connectivity index (χ0v) is 21.9. The van der Waals surface area contributed by atoms with Gasteiger partial charge in [-0.15, -0.1) is 0 Å². The van der Waals surface area contributed by atoms with Crippen molar-refractivity contribution < 1.29 is 13.9 Å². The number of halogens is 1. The molecule has 2 aromatic heterocycles. The minimum Gasteiger partial charge on any atom is -0.473 e. The molecule has 0 saturated carbocycles. The first kappa shape index (κ1) is 25.5. The van der Waals surface area contributed by atoms with Crippen LogP contribution in [0.25, 0.3) is 11.0 Å². The van der Waals surface area contributed by atoms with Crippen LogP contribution >= 0.6 is 0 Å². The first-order valence-electron chi connectivity index (χ1n) is 13.7. The highest BCUT2D eigenvalue weighted by Gasteiger charge is 2.25. The maximum atomic E-state index is 14.2. The van der Waals surface area contributed by atoms with Gasteiger partial charge in [-0.1, -0.05) is 24.3 Å². The second-order valence-electron chi connectivity index (χ2n) is 10.5. The number of fused-ring (bicyclic) bond motifs is 1. The number of likely N-dealkylation sites (tertiary alicyclic amines) is 1. The van der Waals surface area contributed by atoms with Crippen LogP contribution in [0.2, 0.25) is 0 Å². The summed E-state index contributed by atoms with van der Waals surface area (Å²) in [6, 6.07) is 20.6. The molecule has 0 aliphatic carbocycles. The summed E-state index contributed by atoms with van der Waals surface area (Å²) < 4.78 is 28.1. The second kappa shape index (κ2) is 11.5. The van der Waals surface area contributed by atoms with Crippen molar-refractivity contribution in [2.45, 2.75) is 44.9 Å². The van der Waals surface area contributed by atoms with E-state index in [-0.39, 0.29) is 6.61 Å². The lowest BCUT2D eigenvalue weighted by molar-refractivity contribution is 0.180. The van der Waals surface area contributed by atoms with E-state index in [4.69, 9.17) is 24.7 Å². The number of nitriles is 1. The second-order valence-corrected chi connectivity index (χ2v) is 10.5. The molecule has 0 N–H and O–H groups in total. The van der Waals surface area contributed by atoms with Gasteiger partial charge in [0, 0.05) is 42.3 Å². The Kier molecular flexibility index (Phi) is 7.53. The van der Waals surface area contributed by atoms with E-state index >= 15 is 0 Å². The minimum atomic E-state index is -0.442. The van der Waals surface area contributed by atoms with Gasteiger partial charge in [0.2, 0.25) is 5.88 Å². The zero-order valence-electron chi connectivity index (χ0n) is 21.9. The largest absolute Gasteiger partial charge is 0.473 e. The third-order valence-electron chi connectivity index (χ3n) is 7.87. The fourth-order valence-electron chi connectivity index (χ4n) is 5.65. The van der Waals surface area contributed by atoms with Crippen LogP contribution in [0.5, 0.6) is 5.88 Å². The number of nitrogens with zero attached hydrogens (tertiary/aromatic N) is 5. The fraction of sp³-hybridized carbons (Fsp3) is 0.387. The summed E-state index contributed by atoms with van der Waals surface area (Å²) in [6.07, 6.45) is 3.13. The van der Waals surface area contributed by atoms with E-state index in [9.17, 15) is 4.39 Å². The van der Waals surface area contributed by atoms with Crippen LogP contribution in [0.15, 0.2) is 60.7 Å². The SMILES string of the molecule is N#Cc1ccc(COc2cccc(C3CCN(Cc4nc5ccccc5n4C[C@@H]4CCOC4)CC3)n2)c(F)c1. The molecule has 4 heterocycles. The van der Waals surface area contributed by atoms with Crippen LogP contribution in [-0.2, 0) is 24.4 Å². The van der Waals surface area contributed by atoms with Gasteiger partial charge in [0.05, 0.1) is 35.8 Å². The Hall–Kier alpha value is -3.80. The molecule has 8 heteroatoms. The van der Waals surface area contributed by atoms with E-state index in [1.165, 1.54) is 11.6 Å². The molecule has 7 nitrogen and oxygen atoms in total. The Morgan fingerprint density at radius 3 is 2.69 bits per heavy atom. The van der Waals surface area contributed by atoms with Crippen molar-refractivity contribution in [3.8, 4) is 11.9 Å². The molecule has 0 radical (unpaired) electrons. The Bertz CT molecular complexity index is 1480. The van der Waals surface area contributed by atoms with Gasteiger partial charge in [-0.2, -0.15) is 5.26 Å². The third kappa shape index (κ3) is 5.80. The summed E-state index contributed by atoms with van der Waals surface area (Å²) in [5, 5.41) is 8.93. The van der Waals surface area contributed by atoms with Crippen LogP contribution in [0.4, 0.5) is 4.39 Å². The Morgan fingerprint density at radius 1 is 1.03 bits per heavy atom. The van der Waals surface area contributed by atoms with E-state index in [2.05, 4.69) is 39.8 Å². The molecular formula is C31H32FN5O2. The first-order chi connectivity index (χ1) is 19.2. The molecule has 2 fully saturated rings. The number of ether oxygens (including phenoxy) is 2. The van der Waals surface area contributed by atoms with E-state index in [0.717, 1.165) is 75.7 Å². The maximum Gasteiger partial charge on any atom is 0.213 e. The molecule has 2 aliphatic rings. The fourth-order valence-corrected chi connectivity index (χ4v) is 5.65. The van der Waals surface area contributed by atoms with E-state index in [0.29, 0.717) is 28.8 Å². The molecule has 2 aliphatic heterocycles. The number of para-hydroxylation sites is 2. The highest BCUT2D eigenvalue weighted by atomic mass is 19.1. The predicted molar refractivity (Wildman–Crippen MR) is 146 cm³/mol. The number of hydrogen-bond donors (Lipinski definition) is 0. The molecule has 4 aromatic rings. The van der Waals surface area contributed by atoms with Crippen LogP contribution in [-0.4, -0.2) is 45.7 Å². The summed E-state index contributed by atoms with van der Waals surface area (Å²) in [6.45, 7) is 5.49. The average Bonchev–Trinajstić information content (AvgIpc) is 3.61. The van der Waals surface area contributed by atoms with Gasteiger partial charge in [-0.25, -0.2) is 14.4 Å². The smallest absolute Gasteiger partial charge is 0.213 e. The molecule has 2 aromatic carbocycles. The molecule has 6 rings (SSSR count). The van der Waals surface area contributed by atoms with E-state index in [1.807, 2.05) is 12.1 Å². The number of piperidine rings is 1. The van der Waals surface area contributed by atoms with E-state index in [1.54, 1.807) is 18.2 Å². The monoisotopic (exact) mass is 525 g/mol. The van der Waals surface area contributed by atoms with Crippen molar-refractivity contribution in [3.05, 3.63) is 89.1 Å². The van der Waals surface area contributed by atoms with Crippen LogP contribution in [0.3, 0.4) is 0 Å². The standard InChI is InChI=1S/C31H32FN5O2/c32-26-16-22(17-33)8-9-25(26)21-39-31-7-3-5-27(35-31)24-10-13-36(14-11-24)19-30-34-28-4-1-2-6-29(28)37(30)18-23-12-15-38-20-23/h1-9,16,23-24H,10-15,18-21H2/t23-/m0/s1. The number of imidazole rings is 1. The van der Waals surface area contributed by atoms with Gasteiger partial charge in [0.1, 0.15) is 18.2 Å². The molecule has 2 saturated heterocycles. The van der Waals surface area contributed by atoms with Crippen LogP contribution in [0.1, 0.15) is 47.8 Å². The number of aromatic nitrogens is 3. The summed E-state index contributed by atoms with van der Waals surface area (Å²) in [5.41, 5.74) is 3.98. The zero-order chi connectivity index (χ0) is 26.6. The van der Waals surface area contributed by atoms with Crippen molar-refractivity contribution in [2.24, 2.45) is 5.92 Å². The van der Waals surface area contributed by atoms with Gasteiger partial charge in [-0.3, -0.25) is 4.90 Å². The lowest BCUT2D eigenvalue weighted by Gasteiger charge is -2.31. The predicted octanol–water partition coefficient (Wildman–Crippen LogP) is 5.44. The number of rotatable bonds is 8. The molecule has 39 heavy (non-hydrogen) atoms. The molecule has 1 atom stereocenters. The van der Waals surface area contributed by atoms with Gasteiger partial charge in [0.25, 0.3) is 0 Å². The van der Waals surface area contributed by atoms with Crippen LogP contribution < -0.4 is 4.74 Å². The van der Waals surface area contributed by atoms with Gasteiger partial charge >= 0.3 is 0 Å². The molecule has 0 unspecified atom stereocenters. The van der Waals surface area contributed by atoms with Crippen molar-refractivity contribution in [1.82, 2.24) is 19.4 Å². The molecule has 200 valence electrons. The molecular weight excluding hydrogens is 493 g/mol. The lowest BCUT2D eigenvalue weighted by atomic mass is 9.93. The van der Waals surface area contributed by atoms with Crippen molar-refractivity contribution in [2.75, 3.05) is 26.3 Å². The van der Waals surface area contributed by atoms with Gasteiger partial charge in [-0.05, 0) is 62.7 Å². The normalized spacial score (nSPS) is 18.4. The molecule has 0 bridgehead atoms. The minimum absolute atomic E-state index is 0.0699. The van der Waals surface area contributed by atoms with Crippen molar-refractivity contribution >= 4 is 11.0 Å². The number of hydrogen-bond acceptors (Lipinski definition) is 6. The maximum absolute atomic E-state index is 14.2. The van der Waals surface area contributed by atoms with Gasteiger partial charge in [0.15, 0.2) is 0 Å². The summed E-state index contributed by atoms with van der Waals surface area (Å²) >= 11 is 0. The molecule has 0 amide bonds. The van der Waals surface area contributed by atoms with Crippen LogP contribution in [0, 0.1) is 23.1 Å². The average molecular weight is 526 g/mol. The summed E-state index contributed by atoms with van der Waals surface area (Å²) in [5.74, 6) is 2.07. The van der Waals surface area contributed by atoms with Crippen molar-refractivity contribution in [3.63, 3.8) is 0 Å². The Balaban J connectivity index is 1.08. The summed E-state index contributed by atoms with van der Waals surface area (Å²) in [4.78, 5) is 12.2. The topological polar surface area (TPSA) is 76.2 Å². The summed E-state index contributed by atoms with van der Waals surface area (Å²) in [7, 11) is 0.